The van der Waals surface area contributed by atoms with E-state index < -0.39 is 42.7 Å². The number of aliphatic hydroxyl groups excluding tert-OH is 1. The number of rotatable bonds is 45. The maximum Gasteiger partial charge on any atom is 0.220 e. The number of benzene rings is 5. The van der Waals surface area contributed by atoms with Crippen molar-refractivity contribution >= 4 is 5.91 Å². The summed E-state index contributed by atoms with van der Waals surface area (Å²) in [6, 6.07) is 50.3. The Labute approximate surface area is 490 Å². The topological polar surface area (TPSA) is 95.5 Å². The lowest BCUT2D eigenvalue weighted by Gasteiger charge is -2.47. The summed E-state index contributed by atoms with van der Waals surface area (Å²) < 4.78 is 34.7. The Bertz CT molecular complexity index is 2300. The molecule has 442 valence electrons. The number of carbonyl (C=O) groups excluding carboxylic acids is 1. The summed E-state index contributed by atoms with van der Waals surface area (Å²) in [6.07, 6.45) is 32.6. The molecule has 5 aromatic rings. The van der Waals surface area contributed by atoms with Crippen molar-refractivity contribution < 1.29 is 33.6 Å². The molecule has 1 saturated heterocycles. The predicted molar refractivity (Wildman–Crippen MR) is 333 cm³/mol. The number of hydrogen-bond acceptors (Lipinski definition) is 7. The van der Waals surface area contributed by atoms with Gasteiger partial charge in [0, 0.05) is 6.42 Å². The van der Waals surface area contributed by atoms with Crippen LogP contribution >= 0.6 is 0 Å². The fourth-order valence-corrected chi connectivity index (χ4v) is 11.2. The summed E-state index contributed by atoms with van der Waals surface area (Å²) in [5.41, 5.74) is 5.34. The quantitative estimate of drug-likeness (QED) is 0.0296. The molecule has 5 aromatic carbocycles. The van der Waals surface area contributed by atoms with Crippen LogP contribution in [0.25, 0.3) is 0 Å². The molecule has 0 saturated carbocycles. The summed E-state index contributed by atoms with van der Waals surface area (Å²) in [5.74, 6) is -0.0681. The molecule has 0 bridgehead atoms. The van der Waals surface area contributed by atoms with Crippen molar-refractivity contribution in [3.05, 3.63) is 192 Å². The molecule has 2 N–H and O–H groups in total. The third-order valence-corrected chi connectivity index (χ3v) is 16.0. The Kier molecular flexibility index (Phi) is 33.8. The van der Waals surface area contributed by atoms with Crippen LogP contribution in [-0.4, -0.2) is 60.3 Å². The number of aliphatic hydroxyl groups is 1. The van der Waals surface area contributed by atoms with Crippen molar-refractivity contribution in [2.75, 3.05) is 6.61 Å². The highest BCUT2D eigenvalue weighted by molar-refractivity contribution is 5.76. The fourth-order valence-electron chi connectivity index (χ4n) is 11.2. The molecule has 7 atom stereocenters. The van der Waals surface area contributed by atoms with Gasteiger partial charge < -0.3 is 34.1 Å². The van der Waals surface area contributed by atoms with Crippen LogP contribution in [0.5, 0.6) is 0 Å². The van der Waals surface area contributed by atoms with Gasteiger partial charge in [0.25, 0.3) is 0 Å². The molecule has 8 nitrogen and oxygen atoms in total. The molecular weight excluding hydrogens is 1000 g/mol. The highest BCUT2D eigenvalue weighted by atomic mass is 16.6. The van der Waals surface area contributed by atoms with Gasteiger partial charge in [0.15, 0.2) is 0 Å². The van der Waals surface area contributed by atoms with Gasteiger partial charge >= 0.3 is 0 Å². The molecule has 0 aliphatic carbocycles. The van der Waals surface area contributed by atoms with E-state index in [1.54, 1.807) is 0 Å². The van der Waals surface area contributed by atoms with Gasteiger partial charge in [-0.3, -0.25) is 4.79 Å². The maximum absolute atomic E-state index is 14.1. The third-order valence-electron chi connectivity index (χ3n) is 16.0. The Morgan fingerprint density at radius 2 is 0.827 bits per heavy atom. The third kappa shape index (κ3) is 27.8. The molecule has 1 aliphatic heterocycles. The molecule has 0 radical (unpaired) electrons. The minimum absolute atomic E-state index is 0.0681. The first-order valence-corrected chi connectivity index (χ1v) is 32.0. The van der Waals surface area contributed by atoms with E-state index in [2.05, 4.69) is 85.0 Å². The van der Waals surface area contributed by atoms with Crippen LogP contribution in [0.2, 0.25) is 0 Å². The summed E-state index contributed by atoms with van der Waals surface area (Å²) in [7, 11) is 0. The van der Waals surface area contributed by atoms with Crippen LogP contribution in [0.4, 0.5) is 0 Å². The second-order valence-electron chi connectivity index (χ2n) is 22.9. The fraction of sp³-hybridized carbons (Fsp3) is 0.548. The second-order valence-corrected chi connectivity index (χ2v) is 22.9. The van der Waals surface area contributed by atoms with E-state index in [1.807, 2.05) is 91.0 Å². The van der Waals surface area contributed by atoms with Crippen molar-refractivity contribution in [3.63, 3.8) is 0 Å². The average Bonchev–Trinajstić information content (AvgIpc) is 3.54. The number of amides is 1. The lowest BCUT2D eigenvalue weighted by Crippen LogP contribution is -2.62. The molecule has 8 heteroatoms. The SMILES string of the molecule is CCCCCCCCCCCCCCCCCCCCCCCCCC(=O)N[C@@H](C[C@H]1O[C@H](COCc2ccccc2)[C@H](OCc2ccccc2)[C@H](OCc2ccccc2)[C@H]1OCc1ccccc1)[C@H](O)C=CCCc1ccccc1. The zero-order chi connectivity index (χ0) is 56.5. The highest BCUT2D eigenvalue weighted by Gasteiger charge is 2.49. The van der Waals surface area contributed by atoms with Gasteiger partial charge in [0.1, 0.15) is 24.4 Å². The summed E-state index contributed by atoms with van der Waals surface area (Å²) in [4.78, 5) is 14.1. The van der Waals surface area contributed by atoms with Crippen molar-refractivity contribution in [1.82, 2.24) is 5.32 Å². The first kappa shape index (κ1) is 65.2. The molecular formula is C73H103NO7. The van der Waals surface area contributed by atoms with Gasteiger partial charge in [-0.1, -0.05) is 312 Å². The maximum atomic E-state index is 14.1. The lowest BCUT2D eigenvalue weighted by molar-refractivity contribution is -0.274. The van der Waals surface area contributed by atoms with E-state index in [4.69, 9.17) is 23.7 Å². The number of ether oxygens (including phenoxy) is 5. The molecule has 1 heterocycles. The molecule has 0 unspecified atom stereocenters. The first-order chi connectivity index (χ1) is 40.1. The van der Waals surface area contributed by atoms with Crippen LogP contribution in [0.1, 0.15) is 202 Å². The van der Waals surface area contributed by atoms with Crippen LogP contribution in [0.3, 0.4) is 0 Å². The van der Waals surface area contributed by atoms with E-state index in [1.165, 1.54) is 134 Å². The predicted octanol–water partition coefficient (Wildman–Crippen LogP) is 17.5. The Hall–Kier alpha value is -4.93. The average molecular weight is 1110 g/mol. The number of aryl methyl sites for hydroxylation is 1. The van der Waals surface area contributed by atoms with E-state index in [-0.39, 0.29) is 18.9 Å². The van der Waals surface area contributed by atoms with Crippen molar-refractivity contribution in [2.24, 2.45) is 0 Å². The number of unbranched alkanes of at least 4 members (excludes halogenated alkanes) is 22. The monoisotopic (exact) mass is 1110 g/mol. The minimum atomic E-state index is -0.985. The second kappa shape index (κ2) is 42.0. The smallest absolute Gasteiger partial charge is 0.220 e. The molecule has 1 amide bonds. The number of nitrogens with one attached hydrogen (secondary N) is 1. The van der Waals surface area contributed by atoms with E-state index in [0.717, 1.165) is 54.4 Å². The Morgan fingerprint density at radius 1 is 0.469 bits per heavy atom. The van der Waals surface area contributed by atoms with Crippen molar-refractivity contribution in [2.45, 2.75) is 249 Å². The van der Waals surface area contributed by atoms with Gasteiger partial charge in [0.2, 0.25) is 5.91 Å². The number of carbonyl (C=O) groups is 1. The zero-order valence-corrected chi connectivity index (χ0v) is 49.7. The highest BCUT2D eigenvalue weighted by Crippen LogP contribution is 2.34. The van der Waals surface area contributed by atoms with Gasteiger partial charge in [-0.2, -0.15) is 0 Å². The summed E-state index contributed by atoms with van der Waals surface area (Å²) in [6.45, 7) is 3.86. The molecule has 81 heavy (non-hydrogen) atoms. The lowest BCUT2D eigenvalue weighted by atomic mass is 9.89. The van der Waals surface area contributed by atoms with E-state index in [9.17, 15) is 9.90 Å². The molecule has 0 spiro atoms. The first-order valence-electron chi connectivity index (χ1n) is 32.0. The Morgan fingerprint density at radius 3 is 1.25 bits per heavy atom. The van der Waals surface area contributed by atoms with E-state index in [0.29, 0.717) is 32.8 Å². The van der Waals surface area contributed by atoms with Gasteiger partial charge in [-0.25, -0.2) is 0 Å². The van der Waals surface area contributed by atoms with Gasteiger partial charge in [0.05, 0.1) is 51.3 Å². The summed E-state index contributed by atoms with van der Waals surface area (Å²) >= 11 is 0. The van der Waals surface area contributed by atoms with Gasteiger partial charge in [-0.05, 0) is 53.5 Å². The molecule has 1 fully saturated rings. The van der Waals surface area contributed by atoms with Crippen molar-refractivity contribution in [1.29, 1.82) is 0 Å². The number of hydrogen-bond donors (Lipinski definition) is 2. The number of allylic oxidation sites excluding steroid dienone is 1. The van der Waals surface area contributed by atoms with Crippen LogP contribution in [0, 0.1) is 0 Å². The standard InChI is InChI=1S/C73H103NO7/c1-2-3-4-5-6-7-8-9-10-11-12-13-14-15-16-17-18-19-20-21-22-23-39-54-70(76)74-66(67(75)53-41-40-44-61-42-29-24-30-43-61)55-68-71(78-57-63-47-33-26-34-48-63)73(80-59-65-51-37-28-38-52-65)72(79-58-64-49-35-27-36-50-64)69(81-68)60-77-56-62-45-31-25-32-46-62/h24-38,41-43,45-53,66-69,71-73,75H,2-23,39-40,44,54-60H2,1H3,(H,74,76)/t66-,67+,68+,69+,71-,72-,73+/m0/s1. The van der Waals surface area contributed by atoms with Crippen LogP contribution in [-0.2, 0) is 61.3 Å². The summed E-state index contributed by atoms with van der Waals surface area (Å²) in [5, 5.41) is 15.5. The van der Waals surface area contributed by atoms with Gasteiger partial charge in [-0.15, -0.1) is 0 Å². The molecule has 6 rings (SSSR count). The normalized spacial score (nSPS) is 18.0. The van der Waals surface area contributed by atoms with E-state index >= 15 is 0 Å². The largest absolute Gasteiger partial charge is 0.387 e. The molecule has 0 aromatic heterocycles. The van der Waals surface area contributed by atoms with Crippen LogP contribution < -0.4 is 5.32 Å². The molecule has 1 aliphatic rings. The van der Waals surface area contributed by atoms with Crippen LogP contribution in [0.15, 0.2) is 164 Å². The Balaban J connectivity index is 1.06. The minimum Gasteiger partial charge on any atom is -0.387 e. The van der Waals surface area contributed by atoms with Crippen molar-refractivity contribution in [3.8, 4) is 0 Å². The zero-order valence-electron chi connectivity index (χ0n) is 49.7.